The lowest BCUT2D eigenvalue weighted by molar-refractivity contribution is 0.168. The van der Waals surface area contributed by atoms with Crippen molar-refractivity contribution in [2.24, 2.45) is 23.7 Å². The van der Waals surface area contributed by atoms with E-state index in [0.717, 1.165) is 24.2 Å². The Hall–Kier alpha value is -1.24. The molecule has 0 fully saturated rings. The van der Waals surface area contributed by atoms with Crippen molar-refractivity contribution in [3.05, 3.63) is 47.8 Å². The second-order valence-corrected chi connectivity index (χ2v) is 11.6. The van der Waals surface area contributed by atoms with Gasteiger partial charge in [-0.3, -0.25) is 0 Å². The van der Waals surface area contributed by atoms with Gasteiger partial charge in [0.2, 0.25) is 0 Å². The van der Waals surface area contributed by atoms with Crippen LogP contribution in [0.15, 0.2) is 47.8 Å². The van der Waals surface area contributed by atoms with Crippen LogP contribution in [-0.4, -0.2) is 6.61 Å². The van der Waals surface area contributed by atoms with Crippen LogP contribution in [0.5, 0.6) is 0 Å². The number of ether oxygens (including phenoxy) is 1. The summed E-state index contributed by atoms with van der Waals surface area (Å²) in [4.78, 5) is 0. The number of allylic oxidation sites excluding steroid dienone is 7. The molecule has 0 saturated heterocycles. The van der Waals surface area contributed by atoms with Gasteiger partial charge in [0.15, 0.2) is 0 Å². The quantitative estimate of drug-likeness (QED) is 0.101. The van der Waals surface area contributed by atoms with Crippen LogP contribution in [0.2, 0.25) is 0 Å². The van der Waals surface area contributed by atoms with Crippen LogP contribution in [0.1, 0.15) is 137 Å². The maximum Gasteiger partial charge on any atom is 0.0916 e. The van der Waals surface area contributed by atoms with Crippen LogP contribution in [0, 0.1) is 23.7 Å². The molecule has 0 aromatic rings. The third-order valence-electron chi connectivity index (χ3n) is 8.52. The Morgan fingerprint density at radius 1 is 0.857 bits per heavy atom. The predicted molar refractivity (Wildman–Crippen MR) is 156 cm³/mol. The first kappa shape index (κ1) is 30.0. The van der Waals surface area contributed by atoms with E-state index in [9.17, 15) is 0 Å². The second-order valence-electron chi connectivity index (χ2n) is 11.6. The normalized spacial score (nSPS) is 21.8. The Balaban J connectivity index is 1.65. The number of rotatable bonds is 19. The molecule has 0 aromatic carbocycles. The van der Waals surface area contributed by atoms with Crippen molar-refractivity contribution in [1.29, 1.82) is 0 Å². The zero-order valence-corrected chi connectivity index (χ0v) is 24.0. The van der Waals surface area contributed by atoms with E-state index in [-0.39, 0.29) is 0 Å². The largest absolute Gasteiger partial charge is 0.498 e. The molecule has 0 radical (unpaired) electrons. The van der Waals surface area contributed by atoms with E-state index in [2.05, 4.69) is 58.6 Å². The van der Waals surface area contributed by atoms with Crippen LogP contribution < -0.4 is 0 Å². The molecule has 35 heavy (non-hydrogen) atoms. The first-order valence-electron chi connectivity index (χ1n) is 15.4. The van der Waals surface area contributed by atoms with Gasteiger partial charge in [0.1, 0.15) is 0 Å². The molecule has 4 atom stereocenters. The van der Waals surface area contributed by atoms with Crippen LogP contribution in [0.3, 0.4) is 0 Å². The lowest BCUT2D eigenvalue weighted by Crippen LogP contribution is -2.16. The highest BCUT2D eigenvalue weighted by molar-refractivity contribution is 5.23. The molecule has 0 bridgehead atoms. The number of unbranched alkanes of at least 4 members (excludes halogenated alkanes) is 4. The van der Waals surface area contributed by atoms with E-state index in [1.807, 2.05) is 0 Å². The van der Waals surface area contributed by atoms with Crippen molar-refractivity contribution in [2.45, 2.75) is 137 Å². The van der Waals surface area contributed by atoms with Crippen LogP contribution >= 0.6 is 0 Å². The monoisotopic (exact) mass is 482 g/mol. The summed E-state index contributed by atoms with van der Waals surface area (Å²) < 4.78 is 5.96. The first-order chi connectivity index (χ1) is 17.0. The number of hydrogen-bond donors (Lipinski definition) is 0. The average Bonchev–Trinajstić information content (AvgIpc) is 2.88. The Kier molecular flexibility index (Phi) is 15.5. The number of hydrogen-bond acceptors (Lipinski definition) is 1. The minimum Gasteiger partial charge on any atom is -0.498 e. The van der Waals surface area contributed by atoms with Gasteiger partial charge in [0.05, 0.1) is 12.4 Å². The maximum absolute atomic E-state index is 5.96. The molecular weight excluding hydrogens is 424 g/mol. The Morgan fingerprint density at radius 3 is 2.20 bits per heavy atom. The van der Waals surface area contributed by atoms with Gasteiger partial charge in [-0.1, -0.05) is 115 Å². The SMILES string of the molecule is C=C(OCCCCCC)C(C)CC1C=CC(CC(CCC)CCCCC2=CC=C(CC)CC2)CC1. The summed E-state index contributed by atoms with van der Waals surface area (Å²) in [7, 11) is 0. The van der Waals surface area contributed by atoms with Crippen molar-refractivity contribution in [2.75, 3.05) is 6.61 Å². The molecule has 2 aliphatic rings. The van der Waals surface area contributed by atoms with E-state index >= 15 is 0 Å². The van der Waals surface area contributed by atoms with Crippen molar-refractivity contribution >= 4 is 0 Å². The summed E-state index contributed by atoms with van der Waals surface area (Å²) in [5.74, 6) is 3.89. The lowest BCUT2D eigenvalue weighted by atomic mass is 9.78. The van der Waals surface area contributed by atoms with E-state index in [0.29, 0.717) is 11.8 Å². The van der Waals surface area contributed by atoms with Gasteiger partial charge in [-0.2, -0.15) is 0 Å². The molecule has 0 heterocycles. The molecular formula is C34H58O. The third kappa shape index (κ3) is 12.5. The Labute approximate surface area is 219 Å². The summed E-state index contributed by atoms with van der Waals surface area (Å²) in [6, 6.07) is 0. The van der Waals surface area contributed by atoms with Crippen LogP contribution in [-0.2, 0) is 4.74 Å². The van der Waals surface area contributed by atoms with Gasteiger partial charge in [0.25, 0.3) is 0 Å². The minimum atomic E-state index is 0.462. The minimum absolute atomic E-state index is 0.462. The molecule has 200 valence electrons. The van der Waals surface area contributed by atoms with Crippen molar-refractivity contribution < 1.29 is 4.74 Å². The zero-order chi connectivity index (χ0) is 25.3. The Morgan fingerprint density at radius 2 is 1.57 bits per heavy atom. The topological polar surface area (TPSA) is 9.23 Å². The molecule has 0 amide bonds. The smallest absolute Gasteiger partial charge is 0.0916 e. The fourth-order valence-electron chi connectivity index (χ4n) is 6.02. The molecule has 4 unspecified atom stereocenters. The van der Waals surface area contributed by atoms with Gasteiger partial charge in [-0.15, -0.1) is 0 Å². The zero-order valence-electron chi connectivity index (χ0n) is 24.0. The molecule has 0 spiro atoms. The molecule has 1 nitrogen and oxygen atoms in total. The standard InChI is InChI=1S/C34H58O/c1-6-9-10-13-25-35-29(5)28(4)26-33-21-23-34(24-22-33)27-32(14-7-2)16-12-11-15-31-19-17-30(8-3)18-20-31/h17,19,21,23,28,32-34H,5-16,18,20,22,24-27H2,1-4H3. The van der Waals surface area contributed by atoms with Gasteiger partial charge in [-0.25, -0.2) is 0 Å². The summed E-state index contributed by atoms with van der Waals surface area (Å²) in [6.07, 6.45) is 32.4. The molecule has 1 heteroatoms. The van der Waals surface area contributed by atoms with E-state index in [1.165, 1.54) is 109 Å². The maximum atomic E-state index is 5.96. The first-order valence-corrected chi connectivity index (χ1v) is 15.4. The van der Waals surface area contributed by atoms with Crippen molar-refractivity contribution in [1.82, 2.24) is 0 Å². The molecule has 2 aliphatic carbocycles. The van der Waals surface area contributed by atoms with E-state index < -0.39 is 0 Å². The Bertz CT molecular complexity index is 666. The molecule has 0 N–H and O–H groups in total. The van der Waals surface area contributed by atoms with Gasteiger partial charge < -0.3 is 4.74 Å². The van der Waals surface area contributed by atoms with E-state index in [4.69, 9.17) is 4.74 Å². The van der Waals surface area contributed by atoms with Gasteiger partial charge in [-0.05, 0) is 82.0 Å². The summed E-state index contributed by atoms with van der Waals surface area (Å²) in [5, 5.41) is 0. The molecule has 0 saturated carbocycles. The average molecular weight is 483 g/mol. The van der Waals surface area contributed by atoms with Gasteiger partial charge in [0, 0.05) is 5.92 Å². The van der Waals surface area contributed by atoms with Crippen LogP contribution in [0.4, 0.5) is 0 Å². The van der Waals surface area contributed by atoms with Gasteiger partial charge >= 0.3 is 0 Å². The summed E-state index contributed by atoms with van der Waals surface area (Å²) >= 11 is 0. The highest BCUT2D eigenvalue weighted by Gasteiger charge is 2.22. The fourth-order valence-corrected chi connectivity index (χ4v) is 6.02. The van der Waals surface area contributed by atoms with Crippen LogP contribution in [0.25, 0.3) is 0 Å². The second kappa shape index (κ2) is 18.1. The summed E-state index contributed by atoms with van der Waals surface area (Å²) in [5.41, 5.74) is 3.32. The van der Waals surface area contributed by atoms with E-state index in [1.54, 1.807) is 11.1 Å². The summed E-state index contributed by atoms with van der Waals surface area (Å²) in [6.45, 7) is 14.3. The van der Waals surface area contributed by atoms with Crippen molar-refractivity contribution in [3.63, 3.8) is 0 Å². The highest BCUT2D eigenvalue weighted by Crippen LogP contribution is 2.34. The third-order valence-corrected chi connectivity index (χ3v) is 8.52. The highest BCUT2D eigenvalue weighted by atomic mass is 16.5. The predicted octanol–water partition coefficient (Wildman–Crippen LogP) is 11.1. The fraction of sp³-hybridized carbons (Fsp3) is 0.765. The molecule has 0 aromatic heterocycles. The van der Waals surface area contributed by atoms with Crippen molar-refractivity contribution in [3.8, 4) is 0 Å². The lowest BCUT2D eigenvalue weighted by Gasteiger charge is -2.28. The molecule has 0 aliphatic heterocycles. The molecule has 2 rings (SSSR count).